The van der Waals surface area contributed by atoms with Crippen LogP contribution in [0.4, 0.5) is 17.6 Å². The Balaban J connectivity index is 1.29. The van der Waals surface area contributed by atoms with Crippen LogP contribution in [0.5, 0.6) is 0 Å². The van der Waals surface area contributed by atoms with Gasteiger partial charge in [0.15, 0.2) is 0 Å². The first-order valence-corrected chi connectivity index (χ1v) is 10.7. The van der Waals surface area contributed by atoms with Crippen molar-refractivity contribution in [2.24, 2.45) is 5.92 Å². The third kappa shape index (κ3) is 4.76. The number of rotatable bonds is 4. The SMILES string of the molecule is O=C(C1CC1c1ccc(C(F)(F)F)cc1)N1CCN(Sc2cc(Cl)ccc2F)CC1. The van der Waals surface area contributed by atoms with Crippen molar-refractivity contribution in [2.45, 2.75) is 23.4 Å². The van der Waals surface area contributed by atoms with Crippen LogP contribution in [0.25, 0.3) is 0 Å². The van der Waals surface area contributed by atoms with Gasteiger partial charge in [0.05, 0.1) is 10.5 Å². The average molecular weight is 459 g/mol. The second kappa shape index (κ2) is 8.40. The molecule has 0 spiro atoms. The zero-order valence-electron chi connectivity index (χ0n) is 15.8. The quantitative estimate of drug-likeness (QED) is 0.449. The van der Waals surface area contributed by atoms with Crippen LogP contribution in [0.15, 0.2) is 47.4 Å². The van der Waals surface area contributed by atoms with Gasteiger partial charge in [0.25, 0.3) is 0 Å². The third-order valence-electron chi connectivity index (χ3n) is 5.44. The molecule has 9 heteroatoms. The van der Waals surface area contributed by atoms with Gasteiger partial charge in [-0.25, -0.2) is 8.70 Å². The predicted molar refractivity (Wildman–Crippen MR) is 108 cm³/mol. The Hall–Kier alpha value is -1.77. The van der Waals surface area contributed by atoms with Crippen molar-refractivity contribution in [1.82, 2.24) is 9.21 Å². The number of carbonyl (C=O) groups is 1. The molecule has 2 aliphatic rings. The molecule has 1 saturated heterocycles. The molecule has 4 rings (SSSR count). The van der Waals surface area contributed by atoms with E-state index in [0.29, 0.717) is 42.5 Å². The van der Waals surface area contributed by atoms with Gasteiger partial charge in [0, 0.05) is 37.1 Å². The van der Waals surface area contributed by atoms with Crippen molar-refractivity contribution in [2.75, 3.05) is 26.2 Å². The highest BCUT2D eigenvalue weighted by molar-refractivity contribution is 7.97. The van der Waals surface area contributed by atoms with Crippen LogP contribution >= 0.6 is 23.5 Å². The molecule has 1 amide bonds. The molecule has 2 fully saturated rings. The van der Waals surface area contributed by atoms with Crippen LogP contribution in [0, 0.1) is 11.7 Å². The first kappa shape index (κ1) is 21.5. The van der Waals surface area contributed by atoms with Gasteiger partial charge in [-0.15, -0.1) is 0 Å². The van der Waals surface area contributed by atoms with Gasteiger partial charge in [-0.05, 0) is 60.2 Å². The molecule has 2 aromatic carbocycles. The molecule has 2 unspecified atom stereocenters. The summed E-state index contributed by atoms with van der Waals surface area (Å²) in [6.07, 6.45) is -3.70. The molecular formula is C21H19ClF4N2OS. The molecule has 3 nitrogen and oxygen atoms in total. The fraction of sp³-hybridized carbons (Fsp3) is 0.381. The van der Waals surface area contributed by atoms with Crippen molar-refractivity contribution in [3.05, 3.63) is 64.4 Å². The van der Waals surface area contributed by atoms with E-state index < -0.39 is 11.7 Å². The number of carbonyl (C=O) groups excluding carboxylic acids is 1. The summed E-state index contributed by atoms with van der Waals surface area (Å²) in [5.74, 6) is -0.488. The highest BCUT2D eigenvalue weighted by Gasteiger charge is 2.46. The monoisotopic (exact) mass is 458 g/mol. The first-order valence-electron chi connectivity index (χ1n) is 9.56. The summed E-state index contributed by atoms with van der Waals surface area (Å²) in [4.78, 5) is 15.0. The topological polar surface area (TPSA) is 23.6 Å². The van der Waals surface area contributed by atoms with E-state index >= 15 is 0 Å². The lowest BCUT2D eigenvalue weighted by molar-refractivity contribution is -0.137. The van der Waals surface area contributed by atoms with E-state index in [1.165, 1.54) is 36.2 Å². The Bertz CT molecular complexity index is 930. The first-order chi connectivity index (χ1) is 14.2. The molecule has 1 aliphatic carbocycles. The fourth-order valence-corrected chi connectivity index (χ4v) is 4.87. The van der Waals surface area contributed by atoms with Crippen LogP contribution in [-0.4, -0.2) is 41.3 Å². The molecular weight excluding hydrogens is 440 g/mol. The molecule has 2 atom stereocenters. The number of halogens is 5. The van der Waals surface area contributed by atoms with Gasteiger partial charge in [-0.1, -0.05) is 23.7 Å². The standard InChI is InChI=1S/C21H19ClF4N2OS/c22-15-5-6-18(23)19(11-15)30-28-9-7-27(8-10-28)20(29)17-12-16(17)13-1-3-14(4-2-13)21(24,25)26/h1-6,11,16-17H,7-10,12H2. The number of benzene rings is 2. The Kier molecular flexibility index (Phi) is 6.01. The van der Waals surface area contributed by atoms with E-state index in [4.69, 9.17) is 11.6 Å². The summed E-state index contributed by atoms with van der Waals surface area (Å²) in [6.45, 7) is 2.26. The summed E-state index contributed by atoms with van der Waals surface area (Å²) < 4.78 is 54.0. The highest BCUT2D eigenvalue weighted by atomic mass is 35.5. The Morgan fingerprint density at radius 2 is 1.70 bits per heavy atom. The van der Waals surface area contributed by atoms with Crippen LogP contribution < -0.4 is 0 Å². The minimum absolute atomic E-state index is 0.0206. The lowest BCUT2D eigenvalue weighted by Gasteiger charge is -2.34. The Morgan fingerprint density at radius 1 is 1.03 bits per heavy atom. The Morgan fingerprint density at radius 3 is 2.33 bits per heavy atom. The average Bonchev–Trinajstić information content (AvgIpc) is 3.51. The zero-order valence-corrected chi connectivity index (χ0v) is 17.4. The van der Waals surface area contributed by atoms with Crippen LogP contribution in [0.2, 0.25) is 5.02 Å². The minimum atomic E-state index is -4.36. The lowest BCUT2D eigenvalue weighted by atomic mass is 10.1. The molecule has 30 heavy (non-hydrogen) atoms. The van der Waals surface area contributed by atoms with Crippen LogP contribution in [-0.2, 0) is 11.0 Å². The van der Waals surface area contributed by atoms with E-state index in [0.717, 1.165) is 17.7 Å². The van der Waals surface area contributed by atoms with E-state index in [-0.39, 0.29) is 23.6 Å². The largest absolute Gasteiger partial charge is 0.416 e. The van der Waals surface area contributed by atoms with Gasteiger partial charge in [-0.3, -0.25) is 4.79 Å². The molecule has 0 N–H and O–H groups in total. The van der Waals surface area contributed by atoms with Crippen molar-refractivity contribution in [3.63, 3.8) is 0 Å². The van der Waals surface area contributed by atoms with E-state index in [9.17, 15) is 22.4 Å². The third-order valence-corrected chi connectivity index (χ3v) is 6.81. The molecule has 0 bridgehead atoms. The normalized spacial score (nSPS) is 22.2. The number of piperazine rings is 1. The maximum absolute atomic E-state index is 13.9. The molecule has 0 aromatic heterocycles. The lowest BCUT2D eigenvalue weighted by Crippen LogP contribution is -2.47. The van der Waals surface area contributed by atoms with E-state index in [2.05, 4.69) is 0 Å². The van der Waals surface area contributed by atoms with E-state index in [1.54, 1.807) is 11.0 Å². The maximum Gasteiger partial charge on any atom is 0.416 e. The van der Waals surface area contributed by atoms with Gasteiger partial charge < -0.3 is 4.90 Å². The van der Waals surface area contributed by atoms with Crippen molar-refractivity contribution in [1.29, 1.82) is 0 Å². The molecule has 1 heterocycles. The maximum atomic E-state index is 13.9. The van der Waals surface area contributed by atoms with Crippen molar-refractivity contribution in [3.8, 4) is 0 Å². The molecule has 1 saturated carbocycles. The highest BCUT2D eigenvalue weighted by Crippen LogP contribution is 2.49. The molecule has 0 radical (unpaired) electrons. The number of hydrogen-bond acceptors (Lipinski definition) is 3. The van der Waals surface area contributed by atoms with Crippen LogP contribution in [0.3, 0.4) is 0 Å². The Labute approximate surface area is 181 Å². The van der Waals surface area contributed by atoms with Gasteiger partial charge in [0.1, 0.15) is 5.82 Å². The van der Waals surface area contributed by atoms with Crippen molar-refractivity contribution < 1.29 is 22.4 Å². The second-order valence-electron chi connectivity index (χ2n) is 7.49. The molecule has 2 aromatic rings. The summed E-state index contributed by atoms with van der Waals surface area (Å²) in [7, 11) is 0. The molecule has 1 aliphatic heterocycles. The second-order valence-corrected chi connectivity index (χ2v) is 9.06. The number of nitrogens with zero attached hydrogens (tertiary/aromatic N) is 2. The van der Waals surface area contributed by atoms with Crippen LogP contribution in [0.1, 0.15) is 23.5 Å². The van der Waals surface area contributed by atoms with Gasteiger partial charge in [0.2, 0.25) is 5.91 Å². The summed E-state index contributed by atoms with van der Waals surface area (Å²) >= 11 is 7.22. The number of alkyl halides is 3. The van der Waals surface area contributed by atoms with Gasteiger partial charge >= 0.3 is 6.18 Å². The predicted octanol–water partition coefficient (Wildman–Crippen LogP) is 5.45. The summed E-state index contributed by atoms with van der Waals surface area (Å²) in [5.41, 5.74) is 0.0894. The van der Waals surface area contributed by atoms with E-state index in [1.807, 2.05) is 4.31 Å². The molecule has 160 valence electrons. The zero-order chi connectivity index (χ0) is 21.5. The van der Waals surface area contributed by atoms with Crippen molar-refractivity contribution >= 4 is 29.5 Å². The summed E-state index contributed by atoms with van der Waals surface area (Å²) in [5, 5.41) is 0.468. The summed E-state index contributed by atoms with van der Waals surface area (Å²) in [6, 6.07) is 9.49. The van der Waals surface area contributed by atoms with Gasteiger partial charge in [-0.2, -0.15) is 13.2 Å². The fourth-order valence-electron chi connectivity index (χ4n) is 3.68. The minimum Gasteiger partial charge on any atom is -0.340 e. The number of amides is 1. The smallest absolute Gasteiger partial charge is 0.340 e. The number of hydrogen-bond donors (Lipinski definition) is 0.